The molecule has 12 rings (SSSR count). The van der Waals surface area contributed by atoms with Crippen molar-refractivity contribution >= 4 is 81.8 Å². The number of nitrogens with zero attached hydrogens (tertiary/aromatic N) is 7. The van der Waals surface area contributed by atoms with E-state index in [2.05, 4.69) is 15.0 Å². The summed E-state index contributed by atoms with van der Waals surface area (Å²) in [5, 5.41) is 218. The zero-order valence-corrected chi connectivity index (χ0v) is 74.4. The van der Waals surface area contributed by atoms with Crippen molar-refractivity contribution in [3.63, 3.8) is 0 Å². The maximum Gasteiger partial charge on any atom is 0.337 e. The molecule has 0 spiro atoms. The zero-order valence-electron chi connectivity index (χ0n) is 71.9. The molecule has 0 bridgehead atoms. The molecule has 0 aliphatic carbocycles. The van der Waals surface area contributed by atoms with Crippen molar-refractivity contribution < 1.29 is 140 Å². The number of aryl methyl sites for hydroxylation is 3. The van der Waals surface area contributed by atoms with Crippen LogP contribution in [0.1, 0.15) is 120 Å². The van der Waals surface area contributed by atoms with E-state index < -0.39 is 121 Å². The van der Waals surface area contributed by atoms with E-state index in [9.17, 15) is 38.4 Å². The zero-order chi connectivity index (χ0) is 100. The first-order valence-corrected chi connectivity index (χ1v) is 42.2. The van der Waals surface area contributed by atoms with E-state index in [0.29, 0.717) is 46.2 Å². The van der Waals surface area contributed by atoms with E-state index in [-0.39, 0.29) is 25.7 Å². The fourth-order valence-electron chi connectivity index (χ4n) is 9.72. The third-order valence-electron chi connectivity index (χ3n) is 17.0. The van der Waals surface area contributed by atoms with Crippen molar-refractivity contribution in [1.82, 2.24) is 15.0 Å². The van der Waals surface area contributed by atoms with Gasteiger partial charge in [-0.1, -0.05) is 182 Å². The van der Waals surface area contributed by atoms with Gasteiger partial charge in [-0.25, -0.2) is 38.4 Å². The molecular formula is C96H101N7O28S3. The topological polar surface area (TPSA) is 675 Å². The van der Waals surface area contributed by atoms with Gasteiger partial charge in [0.25, 0.3) is 0 Å². The van der Waals surface area contributed by atoms with E-state index in [1.54, 1.807) is 124 Å². The highest BCUT2D eigenvalue weighted by atomic mass is 32.1. The number of aliphatic hydroxyl groups excluding tert-OH is 12. The first-order chi connectivity index (χ1) is 63.7. The van der Waals surface area contributed by atoms with Gasteiger partial charge in [0, 0.05) is 109 Å². The first-order valence-electron chi connectivity index (χ1n) is 39.3. The van der Waals surface area contributed by atoms with E-state index in [1.807, 2.05) is 166 Å². The summed E-state index contributed by atoms with van der Waals surface area (Å²) >= 11 is 4.20. The Hall–Kier alpha value is -14.9. The van der Waals surface area contributed by atoms with Crippen LogP contribution in [0.2, 0.25) is 0 Å². The second-order valence-electron chi connectivity index (χ2n) is 27.2. The van der Waals surface area contributed by atoms with Gasteiger partial charge in [-0.2, -0.15) is 55.1 Å². The average molecular weight is 1900 g/mol. The smallest absolute Gasteiger partial charge is 0.337 e. The number of carbonyl (C=O) groups is 8. The minimum absolute atomic E-state index is 0.163. The van der Waals surface area contributed by atoms with Crippen molar-refractivity contribution in [3.05, 3.63) is 371 Å². The van der Waals surface area contributed by atoms with E-state index in [4.69, 9.17) is 123 Å². The van der Waals surface area contributed by atoms with Gasteiger partial charge in [0.05, 0.1) is 24.3 Å². The Labute approximate surface area is 781 Å². The lowest BCUT2D eigenvalue weighted by atomic mass is 10.0. The molecule has 6 heterocycles. The third-order valence-corrected chi connectivity index (χ3v) is 19.1. The van der Waals surface area contributed by atoms with Crippen molar-refractivity contribution in [3.8, 4) is 24.3 Å². The monoisotopic (exact) mass is 1900 g/mol. The van der Waals surface area contributed by atoms with Crippen LogP contribution in [-0.4, -0.2) is 201 Å². The fraction of sp³-hybridized carbons (Fsp3) is 0.219. The Morgan fingerprint density at radius 1 is 0.269 bits per heavy atom. The van der Waals surface area contributed by atoms with Gasteiger partial charge in [-0.15, -0.1) is 0 Å². The highest BCUT2D eigenvalue weighted by molar-refractivity contribution is 7.08. The summed E-state index contributed by atoms with van der Waals surface area (Å²) in [7, 11) is 0. The molecule has 0 saturated carbocycles. The molecule has 6 aromatic carbocycles. The van der Waals surface area contributed by atoms with Gasteiger partial charge in [0.1, 0.15) is 12.2 Å². The number of aromatic nitrogens is 3. The lowest BCUT2D eigenvalue weighted by molar-refractivity contribution is -0.147. The second kappa shape index (κ2) is 68.2. The number of carboxylic acids is 8. The molecule has 20 N–H and O–H groups in total. The van der Waals surface area contributed by atoms with Gasteiger partial charge in [-0.05, 0) is 140 Å². The Morgan fingerprint density at radius 2 is 0.515 bits per heavy atom. The van der Waals surface area contributed by atoms with Crippen molar-refractivity contribution in [2.24, 2.45) is 0 Å². The second-order valence-corrected chi connectivity index (χ2v) is 29.6. The van der Waals surface area contributed by atoms with Crippen LogP contribution in [0, 0.1) is 66.1 Å². The number of nitriles is 4. The standard InChI is InChI=1S/C10H11NO.2C10H12O3.C9H9NO.2C9H10O3.C7H6N2O.2C7H7NO3.C6H5NOS.2C6H6O3S/c1-8-4-2-3-5-9(8)6-10(12)7-11;2*1-7-4-2-3-5-8(7)6-9(11)10(12)13;10-7-9(11)6-8-4-2-1-3-5-8;2*10-8(9(11)12)6-7-4-2-1-3-5-7;8-4-7(10)6-2-1-3-9-5-6;2*9-6(7(10)11)5-2-1-3-8-4-5;7-3-6(8)5-1-2-9-4-5;2*7-5(6(8)9)4-1-2-10-3-4/h2-5,10,12H,6H2,1H3;2*2-5,9,11H,6H2,1H3,(H,12,13);1-5,9,11H,6H2;2*1-5,8,10H,6H2,(H,11,12);1-3,5,7,10H;2*1-4,6,9H,(H,10,11);1-2,4,6,8H;2*1-3,5,7H,(H,8,9)/t;2*9-;;2*8-;;2*6-;;;/m.10.10.10.../s1. The Morgan fingerprint density at radius 3 is 0.769 bits per heavy atom. The predicted octanol–water partition coefficient (Wildman–Crippen LogP) is 9.93. The van der Waals surface area contributed by atoms with Crippen LogP contribution >= 0.6 is 34.0 Å². The number of pyridine rings is 3. The average Bonchev–Trinajstić information content (AvgIpc) is 1.65. The van der Waals surface area contributed by atoms with Gasteiger partial charge >= 0.3 is 47.8 Å². The maximum absolute atomic E-state index is 10.4. The molecule has 35 nitrogen and oxygen atoms in total. The Balaban J connectivity index is 0.000000732. The summed E-state index contributed by atoms with van der Waals surface area (Å²) in [6.07, 6.45) is -4.42. The number of aliphatic carboxylic acids is 8. The lowest BCUT2D eigenvalue weighted by Crippen LogP contribution is -2.22. The molecule has 134 heavy (non-hydrogen) atoms. The van der Waals surface area contributed by atoms with Crippen LogP contribution in [0.5, 0.6) is 0 Å². The molecule has 12 aromatic rings. The number of rotatable bonds is 26. The molecule has 38 heteroatoms. The quantitative estimate of drug-likeness (QED) is 0.0224. The number of benzene rings is 6. The molecule has 0 amide bonds. The van der Waals surface area contributed by atoms with Crippen LogP contribution in [-0.2, 0) is 76.9 Å². The Kier molecular flexibility index (Phi) is 59.6. The number of hydrogen-bond acceptors (Lipinski definition) is 30. The number of carboxylic acid groups (broad SMARTS) is 8. The minimum Gasteiger partial charge on any atom is -0.479 e. The molecular weight excluding hydrogens is 1800 g/mol. The number of aliphatic hydroxyl groups is 12. The summed E-state index contributed by atoms with van der Waals surface area (Å²) in [5.41, 5.74) is 11.2. The third kappa shape index (κ3) is 51.5. The van der Waals surface area contributed by atoms with Gasteiger partial charge in [0.15, 0.2) is 61.0 Å². The molecule has 0 aliphatic heterocycles. The molecule has 6 aromatic heterocycles. The van der Waals surface area contributed by atoms with E-state index in [1.165, 1.54) is 77.1 Å². The summed E-state index contributed by atoms with van der Waals surface area (Å²) in [6, 6.07) is 71.5. The molecule has 0 radical (unpaired) electrons. The molecule has 0 aliphatic rings. The van der Waals surface area contributed by atoms with E-state index >= 15 is 0 Å². The summed E-state index contributed by atoms with van der Waals surface area (Å²) in [5.74, 6) is -9.67. The predicted molar refractivity (Wildman–Crippen MR) is 490 cm³/mol. The SMILES string of the molecule is Cc1ccccc1CC(O)C#N.Cc1ccccc1C[C@@H](O)C(=O)O.Cc1ccccc1C[C@H](O)C(=O)O.N#CC(O)Cc1ccccc1.N#CC(O)c1cccnc1.N#CC(O)c1ccsc1.O=C(O)C(O)c1ccsc1.O=C(O)C(O)c1ccsc1.O=C(O)[C@@H](O)Cc1ccccc1.O=C(O)[C@@H](O)c1cccnc1.O=C(O)[C@H](O)Cc1ccccc1.O=C(O)[C@H](O)c1cccnc1. The molecule has 0 fully saturated rings. The lowest BCUT2D eigenvalue weighted by Gasteiger charge is -2.07. The van der Waals surface area contributed by atoms with Gasteiger partial charge in [-0.3, -0.25) is 15.0 Å². The fourth-order valence-corrected chi connectivity index (χ4v) is 11.8. The number of thiophene rings is 3. The molecule has 706 valence electrons. The van der Waals surface area contributed by atoms with Crippen LogP contribution < -0.4 is 0 Å². The molecule has 6 unspecified atom stereocenters. The van der Waals surface area contributed by atoms with E-state index in [0.717, 1.165) is 50.1 Å². The van der Waals surface area contributed by atoms with Gasteiger partial charge < -0.3 is 102 Å². The number of hydrogen-bond donors (Lipinski definition) is 20. The highest BCUT2D eigenvalue weighted by Gasteiger charge is 2.21. The summed E-state index contributed by atoms with van der Waals surface area (Å²) in [4.78, 5) is 93.1. The summed E-state index contributed by atoms with van der Waals surface area (Å²) < 4.78 is 0. The van der Waals surface area contributed by atoms with Crippen molar-refractivity contribution in [2.45, 2.75) is 133 Å². The largest absolute Gasteiger partial charge is 0.479 e. The van der Waals surface area contributed by atoms with Crippen LogP contribution in [0.25, 0.3) is 0 Å². The maximum atomic E-state index is 10.4. The Bertz CT molecular complexity index is 5280. The van der Waals surface area contributed by atoms with Crippen molar-refractivity contribution in [1.29, 1.82) is 21.0 Å². The minimum atomic E-state index is -1.47. The highest BCUT2D eigenvalue weighted by Crippen LogP contribution is 2.20. The van der Waals surface area contributed by atoms with Crippen LogP contribution in [0.3, 0.4) is 0 Å². The van der Waals surface area contributed by atoms with Gasteiger partial charge in [0.2, 0.25) is 0 Å². The normalized spacial score (nSPS) is 12.4. The van der Waals surface area contributed by atoms with Crippen LogP contribution in [0.4, 0.5) is 0 Å². The summed E-state index contributed by atoms with van der Waals surface area (Å²) in [6.45, 7) is 5.76. The molecule has 0 saturated heterocycles. The van der Waals surface area contributed by atoms with Crippen LogP contribution in [0.15, 0.2) is 288 Å². The van der Waals surface area contributed by atoms with Crippen molar-refractivity contribution in [2.75, 3.05) is 0 Å². The first kappa shape index (κ1) is 117. The molecule has 12 atom stereocenters.